The number of benzene rings is 6. The SMILES string of the molecule is Cc1cc(C)c(-c2c3nc(c(-c4c(C)cc(C)cc4C)c4ccc([n-]4)c(-c4c(C)cc(C)cc4C)c4nc(c(-c5c(C)cc(C)cc5C)c5ccc2[n-]5)C=C4)C=C3)c(C)c1.ON=C1c2ccccc2-c2ccccc21.[Fe+2]. The summed E-state index contributed by atoms with van der Waals surface area (Å²) < 4.78 is 0. The van der Waals surface area contributed by atoms with Crippen LogP contribution in [0.3, 0.4) is 0 Å². The third-order valence-corrected chi connectivity index (χ3v) is 15.1. The van der Waals surface area contributed by atoms with E-state index in [1.807, 2.05) is 48.5 Å². The molecular weight excluding hydrogens is 971 g/mol. The minimum absolute atomic E-state index is 0. The third kappa shape index (κ3) is 8.97. The van der Waals surface area contributed by atoms with E-state index in [1.54, 1.807) is 0 Å². The van der Waals surface area contributed by atoms with E-state index in [-0.39, 0.29) is 17.1 Å². The Balaban J connectivity index is 0.000000350. The van der Waals surface area contributed by atoms with Gasteiger partial charge in [0, 0.05) is 11.1 Å². The molecule has 76 heavy (non-hydrogen) atoms. The Kier molecular flexibility index (Phi) is 13.7. The number of oxime groups is 1. The Labute approximate surface area is 457 Å². The molecule has 7 heteroatoms. The van der Waals surface area contributed by atoms with Crippen molar-refractivity contribution < 1.29 is 22.3 Å². The van der Waals surface area contributed by atoms with Crippen LogP contribution in [0, 0.1) is 83.1 Å². The van der Waals surface area contributed by atoms with Gasteiger partial charge < -0.3 is 15.2 Å². The van der Waals surface area contributed by atoms with Gasteiger partial charge in [-0.25, -0.2) is 9.97 Å². The summed E-state index contributed by atoms with van der Waals surface area (Å²) in [6.07, 6.45) is 8.72. The normalized spacial score (nSPS) is 12.0. The van der Waals surface area contributed by atoms with Crippen LogP contribution in [-0.4, -0.2) is 20.9 Å². The predicted molar refractivity (Wildman–Crippen MR) is 315 cm³/mol. The maximum atomic E-state index is 9.05. The van der Waals surface area contributed by atoms with Crippen molar-refractivity contribution in [3.8, 4) is 55.6 Å². The molecule has 8 bridgehead atoms. The van der Waals surface area contributed by atoms with E-state index in [0.717, 1.165) is 112 Å². The van der Waals surface area contributed by atoms with Gasteiger partial charge in [0.1, 0.15) is 5.71 Å². The van der Waals surface area contributed by atoms with E-state index in [4.69, 9.17) is 25.1 Å². The zero-order valence-corrected chi connectivity index (χ0v) is 46.5. The second-order valence-corrected chi connectivity index (χ2v) is 21.0. The number of aromatic nitrogens is 4. The van der Waals surface area contributed by atoms with E-state index in [2.05, 4.69) is 185 Å². The summed E-state index contributed by atoms with van der Waals surface area (Å²) in [7, 11) is 0. The van der Waals surface area contributed by atoms with Crippen molar-refractivity contribution in [2.45, 2.75) is 83.1 Å². The van der Waals surface area contributed by atoms with Crippen molar-refractivity contribution in [3.05, 3.63) is 222 Å². The molecule has 0 unspecified atom stereocenters. The van der Waals surface area contributed by atoms with Crippen molar-refractivity contribution >= 4 is 52.1 Å². The topological polar surface area (TPSA) is 86.6 Å². The second kappa shape index (κ2) is 20.2. The molecule has 3 aromatic heterocycles. The molecule has 0 spiro atoms. The molecule has 6 aromatic carbocycles. The van der Waals surface area contributed by atoms with Gasteiger partial charge in [-0.1, -0.05) is 149 Å². The zero-order valence-electron chi connectivity index (χ0n) is 45.4. The van der Waals surface area contributed by atoms with Crippen LogP contribution in [0.4, 0.5) is 0 Å². The van der Waals surface area contributed by atoms with E-state index in [1.165, 1.54) is 66.8 Å². The van der Waals surface area contributed by atoms with Gasteiger partial charge >= 0.3 is 17.1 Å². The molecule has 0 atom stereocenters. The summed E-state index contributed by atoms with van der Waals surface area (Å²) in [5.41, 5.74) is 35.3. The molecule has 1 N–H and O–H groups in total. The van der Waals surface area contributed by atoms with Gasteiger partial charge in [-0.3, -0.25) is 0 Å². The number of hydrogen-bond donors (Lipinski definition) is 1. The fourth-order valence-electron chi connectivity index (χ4n) is 12.5. The van der Waals surface area contributed by atoms with Gasteiger partial charge in [0.25, 0.3) is 0 Å². The van der Waals surface area contributed by atoms with Gasteiger partial charge in [-0.15, -0.1) is 22.1 Å². The molecule has 5 heterocycles. The van der Waals surface area contributed by atoms with E-state index >= 15 is 0 Å². The molecule has 9 aromatic rings. The number of fused-ring (bicyclic) bond motifs is 11. The molecule has 0 fully saturated rings. The monoisotopic (exact) mass is 1030 g/mol. The Bertz CT molecular complexity index is 3600. The molecule has 6 nitrogen and oxygen atoms in total. The molecular formula is C69H61FeN5O. The van der Waals surface area contributed by atoms with Crippen LogP contribution in [-0.2, 0) is 17.1 Å². The van der Waals surface area contributed by atoms with E-state index in [9.17, 15) is 0 Å². The average Bonchev–Trinajstić information content (AvgIpc) is 4.23. The number of nitrogens with zero attached hydrogens (tertiary/aromatic N) is 5. The Hall–Kier alpha value is -8.09. The Morgan fingerprint density at radius 3 is 0.763 bits per heavy atom. The van der Waals surface area contributed by atoms with Crippen LogP contribution >= 0.6 is 0 Å². The smallest absolute Gasteiger partial charge is 0.657 e. The summed E-state index contributed by atoms with van der Waals surface area (Å²) in [6.45, 7) is 26.3. The van der Waals surface area contributed by atoms with Crippen LogP contribution in [0.25, 0.3) is 102 Å². The molecule has 3 aliphatic rings. The van der Waals surface area contributed by atoms with Crippen molar-refractivity contribution in [2.75, 3.05) is 0 Å². The van der Waals surface area contributed by atoms with Crippen molar-refractivity contribution in [2.24, 2.45) is 5.16 Å². The average molecular weight is 1030 g/mol. The summed E-state index contributed by atoms with van der Waals surface area (Å²) in [6, 6.07) is 42.8. The van der Waals surface area contributed by atoms with Crippen molar-refractivity contribution in [3.63, 3.8) is 0 Å². The summed E-state index contributed by atoms with van der Waals surface area (Å²) in [5.74, 6) is 0. The first-order chi connectivity index (χ1) is 36.1. The molecule has 0 amide bonds. The molecule has 376 valence electrons. The standard InChI is InChI=1S/C56H52N4.C13H9NO.Fe/c1-29-21-33(5)49(34(6)22-29)53-41-13-15-43(57-41)54(50-35(7)23-30(2)24-36(50)8)45-17-19-47(59-45)56(52-39(11)27-32(4)28-40(52)12)48-20-18-46(60-48)55(44-16-14-42(53)58-44)51-37(9)25-31(3)26-38(51)10;15-14-13-11-7-3-1-5-9(11)10-6-2-4-8-12(10)13;/h13-28H,1-12H3;1-8,15H;/q-2;;+2. The van der Waals surface area contributed by atoms with Gasteiger partial charge in [-0.2, -0.15) is 0 Å². The maximum absolute atomic E-state index is 9.05. The molecule has 12 rings (SSSR count). The number of rotatable bonds is 4. The predicted octanol–water partition coefficient (Wildman–Crippen LogP) is 17.2. The maximum Gasteiger partial charge on any atom is 2.00 e. The van der Waals surface area contributed by atoms with Gasteiger partial charge in [0.05, 0.1) is 22.8 Å². The van der Waals surface area contributed by atoms with Crippen LogP contribution in [0.15, 0.2) is 126 Å². The molecule has 2 aliphatic heterocycles. The van der Waals surface area contributed by atoms with E-state index in [0.29, 0.717) is 5.71 Å². The van der Waals surface area contributed by atoms with Crippen molar-refractivity contribution in [1.82, 2.24) is 19.9 Å². The fraction of sp³-hybridized carbons (Fsp3) is 0.174. The first-order valence-electron chi connectivity index (χ1n) is 25.9. The summed E-state index contributed by atoms with van der Waals surface area (Å²) in [5, 5.41) is 12.4. The largest absolute Gasteiger partial charge is 2.00 e. The van der Waals surface area contributed by atoms with E-state index < -0.39 is 0 Å². The van der Waals surface area contributed by atoms with Crippen LogP contribution in [0.5, 0.6) is 0 Å². The van der Waals surface area contributed by atoms with Crippen molar-refractivity contribution in [1.29, 1.82) is 0 Å². The van der Waals surface area contributed by atoms with Gasteiger partial charge in [0.2, 0.25) is 0 Å². The zero-order chi connectivity index (χ0) is 52.6. The molecule has 0 saturated carbocycles. The Morgan fingerprint density at radius 2 is 0.539 bits per heavy atom. The number of hydrogen-bond acceptors (Lipinski definition) is 4. The quantitative estimate of drug-likeness (QED) is 0.108. The van der Waals surface area contributed by atoms with Gasteiger partial charge in [-0.05, 0) is 208 Å². The number of aryl methyl sites for hydroxylation is 12. The second-order valence-electron chi connectivity index (χ2n) is 21.0. The molecule has 1 aliphatic carbocycles. The van der Waals surface area contributed by atoms with Crippen LogP contribution < -0.4 is 9.97 Å². The molecule has 0 radical (unpaired) electrons. The minimum Gasteiger partial charge on any atom is -0.657 e. The summed E-state index contributed by atoms with van der Waals surface area (Å²) in [4.78, 5) is 22.4. The fourth-order valence-corrected chi connectivity index (χ4v) is 12.5. The first-order valence-corrected chi connectivity index (χ1v) is 25.9. The third-order valence-electron chi connectivity index (χ3n) is 15.1. The van der Waals surface area contributed by atoms with Gasteiger partial charge in [0.15, 0.2) is 0 Å². The minimum atomic E-state index is 0. The summed E-state index contributed by atoms with van der Waals surface area (Å²) >= 11 is 0. The Morgan fingerprint density at radius 1 is 0.316 bits per heavy atom. The van der Waals surface area contributed by atoms with Crippen LogP contribution in [0.1, 0.15) is 101 Å². The van der Waals surface area contributed by atoms with Crippen LogP contribution in [0.2, 0.25) is 0 Å². The first kappa shape index (κ1) is 51.4. The molecule has 0 saturated heterocycles.